The summed E-state index contributed by atoms with van der Waals surface area (Å²) < 4.78 is 5.83. The highest BCUT2D eigenvalue weighted by atomic mass is 32.1. The number of hydrogen-bond acceptors (Lipinski definition) is 5. The number of nitrogens with zero attached hydrogens (tertiary/aromatic N) is 2. The van der Waals surface area contributed by atoms with E-state index in [2.05, 4.69) is 29.0 Å². The van der Waals surface area contributed by atoms with Crippen molar-refractivity contribution in [3.63, 3.8) is 0 Å². The van der Waals surface area contributed by atoms with Gasteiger partial charge in [-0.1, -0.05) is 44.2 Å². The number of rotatable bonds is 6. The van der Waals surface area contributed by atoms with Gasteiger partial charge in [0.2, 0.25) is 0 Å². The SMILES string of the molecule is Cc1nc(-c2ccccc2)c(C(=O)NCC2CN(CC(C)C)CCO2)s1. The van der Waals surface area contributed by atoms with Crippen LogP contribution in [0.4, 0.5) is 0 Å². The van der Waals surface area contributed by atoms with Gasteiger partial charge in [0.1, 0.15) is 4.88 Å². The molecule has 140 valence electrons. The lowest BCUT2D eigenvalue weighted by atomic mass is 10.1. The number of carbonyl (C=O) groups is 1. The molecule has 1 aliphatic rings. The first-order valence-corrected chi connectivity index (χ1v) is 9.99. The topological polar surface area (TPSA) is 54.5 Å². The molecule has 1 N–H and O–H groups in total. The molecule has 1 aliphatic heterocycles. The quantitative estimate of drug-likeness (QED) is 0.845. The van der Waals surface area contributed by atoms with Crippen LogP contribution in [0.1, 0.15) is 28.5 Å². The van der Waals surface area contributed by atoms with Crippen LogP contribution in [0, 0.1) is 12.8 Å². The van der Waals surface area contributed by atoms with Gasteiger partial charge in [-0.2, -0.15) is 0 Å². The van der Waals surface area contributed by atoms with Crippen molar-refractivity contribution in [2.45, 2.75) is 26.9 Å². The monoisotopic (exact) mass is 373 g/mol. The van der Waals surface area contributed by atoms with Crippen molar-refractivity contribution in [2.75, 3.05) is 32.8 Å². The zero-order valence-corrected chi connectivity index (χ0v) is 16.5. The van der Waals surface area contributed by atoms with Gasteiger partial charge in [0.15, 0.2) is 0 Å². The first kappa shape index (κ1) is 19.0. The molecule has 0 saturated carbocycles. The molecule has 1 saturated heterocycles. The summed E-state index contributed by atoms with van der Waals surface area (Å²) in [5.74, 6) is 0.566. The second kappa shape index (κ2) is 8.75. The van der Waals surface area contributed by atoms with Gasteiger partial charge in [-0.25, -0.2) is 4.98 Å². The van der Waals surface area contributed by atoms with Gasteiger partial charge >= 0.3 is 0 Å². The highest BCUT2D eigenvalue weighted by Gasteiger charge is 2.23. The molecule has 0 spiro atoms. The molecule has 1 atom stereocenters. The minimum absolute atomic E-state index is 0.0423. The van der Waals surface area contributed by atoms with E-state index >= 15 is 0 Å². The van der Waals surface area contributed by atoms with Gasteiger partial charge in [0.25, 0.3) is 5.91 Å². The van der Waals surface area contributed by atoms with Crippen molar-refractivity contribution in [1.82, 2.24) is 15.2 Å². The third-order valence-electron chi connectivity index (χ3n) is 4.32. The molecule has 1 unspecified atom stereocenters. The number of nitrogens with one attached hydrogen (secondary N) is 1. The Hall–Kier alpha value is -1.76. The Labute approximate surface area is 159 Å². The van der Waals surface area contributed by atoms with E-state index in [1.165, 1.54) is 11.3 Å². The summed E-state index contributed by atoms with van der Waals surface area (Å²) in [4.78, 5) is 20.4. The van der Waals surface area contributed by atoms with E-state index in [9.17, 15) is 4.79 Å². The molecule has 2 heterocycles. The Kier molecular flexibility index (Phi) is 6.40. The number of carbonyl (C=O) groups excluding carboxylic acids is 1. The summed E-state index contributed by atoms with van der Waals surface area (Å²) in [5, 5.41) is 3.94. The lowest BCUT2D eigenvalue weighted by molar-refractivity contribution is -0.0295. The van der Waals surface area contributed by atoms with Crippen LogP contribution in [0.15, 0.2) is 30.3 Å². The smallest absolute Gasteiger partial charge is 0.263 e. The van der Waals surface area contributed by atoms with Crippen LogP contribution in [0.3, 0.4) is 0 Å². The first-order valence-electron chi connectivity index (χ1n) is 9.18. The predicted molar refractivity (Wildman–Crippen MR) is 106 cm³/mol. The summed E-state index contributed by atoms with van der Waals surface area (Å²) in [6.45, 7) is 10.5. The number of hydrogen-bond donors (Lipinski definition) is 1. The van der Waals surface area contributed by atoms with Crippen molar-refractivity contribution < 1.29 is 9.53 Å². The van der Waals surface area contributed by atoms with Gasteiger partial charge in [-0.05, 0) is 12.8 Å². The molecule has 1 fully saturated rings. The van der Waals surface area contributed by atoms with E-state index < -0.39 is 0 Å². The van der Waals surface area contributed by atoms with Gasteiger partial charge in [-0.15, -0.1) is 11.3 Å². The lowest BCUT2D eigenvalue weighted by Crippen LogP contribution is -2.48. The second-order valence-corrected chi connectivity index (χ2v) is 8.34. The lowest BCUT2D eigenvalue weighted by Gasteiger charge is -2.33. The van der Waals surface area contributed by atoms with Crippen LogP contribution >= 0.6 is 11.3 Å². The van der Waals surface area contributed by atoms with Crippen molar-refractivity contribution in [1.29, 1.82) is 0 Å². The standard InChI is InChI=1S/C20H27N3O2S/c1-14(2)12-23-9-10-25-17(13-23)11-21-20(24)19-18(22-15(3)26-19)16-7-5-4-6-8-16/h4-8,14,17H,9-13H2,1-3H3,(H,21,24). The van der Waals surface area contributed by atoms with Gasteiger partial charge < -0.3 is 10.1 Å². The van der Waals surface area contributed by atoms with Crippen molar-refractivity contribution in [2.24, 2.45) is 5.92 Å². The predicted octanol–water partition coefficient (Wildman–Crippen LogP) is 3.21. The fourth-order valence-electron chi connectivity index (χ4n) is 3.25. The van der Waals surface area contributed by atoms with E-state index in [1.807, 2.05) is 37.3 Å². The fourth-order valence-corrected chi connectivity index (χ4v) is 4.10. The zero-order chi connectivity index (χ0) is 18.5. The molecule has 6 heteroatoms. The summed E-state index contributed by atoms with van der Waals surface area (Å²) in [5.41, 5.74) is 1.73. The average molecular weight is 374 g/mol. The molecule has 1 amide bonds. The molecule has 3 rings (SSSR count). The summed E-state index contributed by atoms with van der Waals surface area (Å²) in [6.07, 6.45) is 0.0423. The van der Waals surface area contributed by atoms with Crippen LogP contribution in [-0.4, -0.2) is 54.7 Å². The van der Waals surface area contributed by atoms with E-state index in [0.717, 1.165) is 42.5 Å². The van der Waals surface area contributed by atoms with Crippen LogP contribution < -0.4 is 5.32 Å². The van der Waals surface area contributed by atoms with Crippen LogP contribution in [0.5, 0.6) is 0 Å². The average Bonchev–Trinajstić information content (AvgIpc) is 3.02. The first-order chi connectivity index (χ1) is 12.5. The van der Waals surface area contributed by atoms with Crippen molar-refractivity contribution in [3.8, 4) is 11.3 Å². The number of ether oxygens (including phenoxy) is 1. The number of aromatic nitrogens is 1. The third-order valence-corrected chi connectivity index (χ3v) is 5.29. The van der Waals surface area contributed by atoms with Gasteiger partial charge in [-0.3, -0.25) is 9.69 Å². The molecule has 2 aromatic rings. The molecule has 1 aromatic heterocycles. The molecule has 1 aromatic carbocycles. The van der Waals surface area contributed by atoms with Gasteiger partial charge in [0, 0.05) is 31.7 Å². The number of thiazole rings is 1. The molecule has 0 radical (unpaired) electrons. The number of amides is 1. The number of aryl methyl sites for hydroxylation is 1. The maximum Gasteiger partial charge on any atom is 0.263 e. The molecule has 5 nitrogen and oxygen atoms in total. The normalized spacial score (nSPS) is 18.2. The van der Waals surface area contributed by atoms with Gasteiger partial charge in [0.05, 0.1) is 23.4 Å². The Balaban J connectivity index is 1.62. The molecule has 0 bridgehead atoms. The largest absolute Gasteiger partial charge is 0.374 e. The van der Waals surface area contributed by atoms with Crippen LogP contribution in [0.25, 0.3) is 11.3 Å². The second-order valence-electron chi connectivity index (χ2n) is 7.13. The van der Waals surface area contributed by atoms with E-state index in [4.69, 9.17) is 4.74 Å². The highest BCUT2D eigenvalue weighted by molar-refractivity contribution is 7.14. The number of morpholine rings is 1. The molecule has 26 heavy (non-hydrogen) atoms. The Morgan fingerprint density at radius 3 is 2.88 bits per heavy atom. The zero-order valence-electron chi connectivity index (χ0n) is 15.7. The van der Waals surface area contributed by atoms with Crippen LogP contribution in [0.2, 0.25) is 0 Å². The Morgan fingerprint density at radius 2 is 2.15 bits per heavy atom. The summed E-state index contributed by atoms with van der Waals surface area (Å²) in [6, 6.07) is 9.86. The molecular formula is C20H27N3O2S. The fraction of sp³-hybridized carbons (Fsp3) is 0.500. The van der Waals surface area contributed by atoms with E-state index in [0.29, 0.717) is 17.3 Å². The molecular weight excluding hydrogens is 346 g/mol. The highest BCUT2D eigenvalue weighted by Crippen LogP contribution is 2.27. The number of benzene rings is 1. The van der Waals surface area contributed by atoms with Crippen molar-refractivity contribution in [3.05, 3.63) is 40.2 Å². The van der Waals surface area contributed by atoms with E-state index in [1.54, 1.807) is 0 Å². The Morgan fingerprint density at radius 1 is 1.38 bits per heavy atom. The maximum absolute atomic E-state index is 12.7. The minimum atomic E-state index is -0.0703. The Bertz CT molecular complexity index is 730. The molecule has 0 aliphatic carbocycles. The van der Waals surface area contributed by atoms with Crippen molar-refractivity contribution >= 4 is 17.2 Å². The summed E-state index contributed by atoms with van der Waals surface area (Å²) in [7, 11) is 0. The third kappa shape index (κ3) is 4.90. The van der Waals surface area contributed by atoms with E-state index in [-0.39, 0.29) is 12.0 Å². The maximum atomic E-state index is 12.7. The van der Waals surface area contributed by atoms with Crippen LogP contribution in [-0.2, 0) is 4.74 Å². The summed E-state index contributed by atoms with van der Waals surface area (Å²) >= 11 is 1.44. The minimum Gasteiger partial charge on any atom is -0.374 e.